The number of nitrogens with zero attached hydrogens (tertiary/aromatic N) is 1. The molecule has 1 atom stereocenters. The van der Waals surface area contributed by atoms with Gasteiger partial charge in [0.15, 0.2) is 0 Å². The molecular formula is C22H25N3O5. The van der Waals surface area contributed by atoms with Gasteiger partial charge in [-0.15, -0.1) is 0 Å². The fraction of sp³-hybridized carbons (Fsp3) is 0.318. The molecule has 0 aromatic heterocycles. The number of hydrogen-bond donors (Lipinski definition) is 2. The van der Waals surface area contributed by atoms with Crippen molar-refractivity contribution in [1.29, 1.82) is 0 Å². The fourth-order valence-electron chi connectivity index (χ4n) is 3.05. The Morgan fingerprint density at radius 3 is 2.37 bits per heavy atom. The van der Waals surface area contributed by atoms with Crippen molar-refractivity contribution in [2.75, 3.05) is 26.8 Å². The molecule has 2 aromatic carbocycles. The van der Waals surface area contributed by atoms with Crippen molar-refractivity contribution in [3.63, 3.8) is 0 Å². The SMILES string of the molecule is COc1ccc(C(=O)N2CCO[C@@H]2CNC(=O)C(=O)NCc2ccc(C)cc2)cc1. The molecule has 1 fully saturated rings. The van der Waals surface area contributed by atoms with E-state index in [0.717, 1.165) is 11.1 Å². The molecule has 8 heteroatoms. The van der Waals surface area contributed by atoms with Crippen LogP contribution in [0.15, 0.2) is 48.5 Å². The van der Waals surface area contributed by atoms with Crippen LogP contribution in [0.4, 0.5) is 0 Å². The molecule has 0 saturated carbocycles. The van der Waals surface area contributed by atoms with Crippen LogP contribution in [0.5, 0.6) is 5.75 Å². The first-order valence-electron chi connectivity index (χ1n) is 9.66. The summed E-state index contributed by atoms with van der Waals surface area (Å²) in [6, 6.07) is 14.4. The van der Waals surface area contributed by atoms with Crippen LogP contribution < -0.4 is 15.4 Å². The van der Waals surface area contributed by atoms with E-state index in [9.17, 15) is 14.4 Å². The van der Waals surface area contributed by atoms with Crippen molar-refractivity contribution in [3.05, 3.63) is 65.2 Å². The third kappa shape index (κ3) is 5.36. The predicted molar refractivity (Wildman–Crippen MR) is 110 cm³/mol. The molecule has 2 aromatic rings. The highest BCUT2D eigenvalue weighted by molar-refractivity contribution is 6.35. The Hall–Kier alpha value is -3.39. The molecule has 2 N–H and O–H groups in total. The average Bonchev–Trinajstić information content (AvgIpc) is 3.25. The molecule has 1 saturated heterocycles. The number of nitrogens with one attached hydrogen (secondary N) is 2. The highest BCUT2D eigenvalue weighted by atomic mass is 16.5. The summed E-state index contributed by atoms with van der Waals surface area (Å²) in [6.07, 6.45) is -0.631. The minimum absolute atomic E-state index is 0.0265. The second-order valence-electron chi connectivity index (χ2n) is 6.93. The van der Waals surface area contributed by atoms with E-state index in [1.54, 1.807) is 31.4 Å². The van der Waals surface area contributed by atoms with Crippen molar-refractivity contribution in [1.82, 2.24) is 15.5 Å². The van der Waals surface area contributed by atoms with Crippen LogP contribution in [0, 0.1) is 6.92 Å². The predicted octanol–water partition coefficient (Wildman–Crippen LogP) is 1.23. The van der Waals surface area contributed by atoms with Gasteiger partial charge in [-0.25, -0.2) is 0 Å². The van der Waals surface area contributed by atoms with Crippen molar-refractivity contribution in [2.24, 2.45) is 0 Å². The lowest BCUT2D eigenvalue weighted by atomic mass is 10.1. The van der Waals surface area contributed by atoms with Gasteiger partial charge in [-0.3, -0.25) is 14.4 Å². The molecule has 8 nitrogen and oxygen atoms in total. The number of benzene rings is 2. The molecule has 1 aliphatic heterocycles. The Kier molecular flexibility index (Phi) is 7.03. The standard InChI is InChI=1S/C22H25N3O5/c1-15-3-5-16(6-4-15)13-23-20(26)21(27)24-14-19-25(11-12-30-19)22(28)17-7-9-18(29-2)10-8-17/h3-10,19H,11-14H2,1-2H3,(H,23,26)(H,24,27)/t19-/m1/s1. The molecule has 0 aliphatic carbocycles. The first-order valence-corrected chi connectivity index (χ1v) is 9.66. The summed E-state index contributed by atoms with van der Waals surface area (Å²) in [7, 11) is 1.56. The zero-order valence-electron chi connectivity index (χ0n) is 17.0. The zero-order chi connectivity index (χ0) is 21.5. The van der Waals surface area contributed by atoms with Gasteiger partial charge in [0.05, 0.1) is 20.3 Å². The van der Waals surface area contributed by atoms with E-state index < -0.39 is 18.0 Å². The van der Waals surface area contributed by atoms with Gasteiger partial charge in [0.1, 0.15) is 12.0 Å². The maximum absolute atomic E-state index is 12.7. The lowest BCUT2D eigenvalue weighted by molar-refractivity contribution is -0.139. The third-order valence-electron chi connectivity index (χ3n) is 4.81. The van der Waals surface area contributed by atoms with Crippen molar-refractivity contribution < 1.29 is 23.9 Å². The molecule has 0 radical (unpaired) electrons. The molecule has 0 bridgehead atoms. The summed E-state index contributed by atoms with van der Waals surface area (Å²) < 4.78 is 10.7. The number of hydrogen-bond acceptors (Lipinski definition) is 5. The molecular weight excluding hydrogens is 386 g/mol. The van der Waals surface area contributed by atoms with Crippen molar-refractivity contribution in [2.45, 2.75) is 19.7 Å². The van der Waals surface area contributed by atoms with Gasteiger partial charge >= 0.3 is 11.8 Å². The van der Waals surface area contributed by atoms with Crippen LogP contribution >= 0.6 is 0 Å². The number of methoxy groups -OCH3 is 1. The minimum atomic E-state index is -0.769. The summed E-state index contributed by atoms with van der Waals surface area (Å²) in [5.74, 6) is -1.06. The Bertz CT molecular complexity index is 896. The van der Waals surface area contributed by atoms with Gasteiger partial charge in [0.2, 0.25) is 0 Å². The molecule has 1 aliphatic rings. The van der Waals surface area contributed by atoms with E-state index in [0.29, 0.717) is 24.5 Å². The normalized spacial score (nSPS) is 15.5. The summed E-state index contributed by atoms with van der Waals surface area (Å²) >= 11 is 0. The van der Waals surface area contributed by atoms with Crippen molar-refractivity contribution >= 4 is 17.7 Å². The largest absolute Gasteiger partial charge is 0.497 e. The molecule has 30 heavy (non-hydrogen) atoms. The zero-order valence-corrected chi connectivity index (χ0v) is 17.0. The fourth-order valence-corrected chi connectivity index (χ4v) is 3.05. The number of aryl methyl sites for hydroxylation is 1. The lowest BCUT2D eigenvalue weighted by Gasteiger charge is -2.23. The van der Waals surface area contributed by atoms with E-state index in [2.05, 4.69) is 10.6 Å². The lowest BCUT2D eigenvalue weighted by Crippen LogP contribution is -2.47. The highest BCUT2D eigenvalue weighted by Crippen LogP contribution is 2.17. The van der Waals surface area contributed by atoms with E-state index >= 15 is 0 Å². The van der Waals surface area contributed by atoms with Gasteiger partial charge in [-0.05, 0) is 36.8 Å². The van der Waals surface area contributed by atoms with Gasteiger partial charge in [-0.2, -0.15) is 0 Å². The third-order valence-corrected chi connectivity index (χ3v) is 4.81. The van der Waals surface area contributed by atoms with Gasteiger partial charge in [0, 0.05) is 18.7 Å². The maximum Gasteiger partial charge on any atom is 0.309 e. The number of rotatable bonds is 6. The van der Waals surface area contributed by atoms with E-state index in [1.165, 1.54) is 4.90 Å². The summed E-state index contributed by atoms with van der Waals surface area (Å²) in [6.45, 7) is 3.03. The molecule has 3 rings (SSSR count). The first-order chi connectivity index (χ1) is 14.5. The second kappa shape index (κ2) is 9.89. The van der Waals surface area contributed by atoms with Crippen LogP contribution in [0.25, 0.3) is 0 Å². The maximum atomic E-state index is 12.7. The monoisotopic (exact) mass is 411 g/mol. The van der Waals surface area contributed by atoms with E-state index in [1.807, 2.05) is 31.2 Å². The first kappa shape index (κ1) is 21.3. The molecule has 3 amide bonds. The van der Waals surface area contributed by atoms with Crippen LogP contribution in [0.1, 0.15) is 21.5 Å². The van der Waals surface area contributed by atoms with Crippen LogP contribution in [-0.4, -0.2) is 55.7 Å². The summed E-state index contributed by atoms with van der Waals surface area (Å²) in [4.78, 5) is 38.4. The molecule has 1 heterocycles. The minimum Gasteiger partial charge on any atom is -0.497 e. The van der Waals surface area contributed by atoms with Crippen molar-refractivity contribution in [3.8, 4) is 5.75 Å². The number of carbonyl (C=O) groups excluding carboxylic acids is 3. The number of amides is 3. The van der Waals surface area contributed by atoms with Crippen LogP contribution in [0.2, 0.25) is 0 Å². The van der Waals surface area contributed by atoms with Crippen LogP contribution in [0.3, 0.4) is 0 Å². The smallest absolute Gasteiger partial charge is 0.309 e. The van der Waals surface area contributed by atoms with Gasteiger partial charge < -0.3 is 25.0 Å². The molecule has 0 spiro atoms. The highest BCUT2D eigenvalue weighted by Gasteiger charge is 2.31. The summed E-state index contributed by atoms with van der Waals surface area (Å²) in [5.41, 5.74) is 2.51. The Morgan fingerprint density at radius 2 is 1.70 bits per heavy atom. The Balaban J connectivity index is 1.49. The summed E-state index contributed by atoms with van der Waals surface area (Å²) in [5, 5.41) is 5.11. The molecule has 0 unspecified atom stereocenters. The quantitative estimate of drug-likeness (QED) is 0.697. The number of ether oxygens (including phenoxy) is 2. The number of carbonyl (C=O) groups is 3. The Labute approximate surface area is 175 Å². The van der Waals surface area contributed by atoms with Gasteiger partial charge in [0.25, 0.3) is 5.91 Å². The van der Waals surface area contributed by atoms with Gasteiger partial charge in [-0.1, -0.05) is 29.8 Å². The van der Waals surface area contributed by atoms with E-state index in [-0.39, 0.29) is 19.0 Å². The topological polar surface area (TPSA) is 97.0 Å². The van der Waals surface area contributed by atoms with E-state index in [4.69, 9.17) is 9.47 Å². The molecule has 158 valence electrons. The average molecular weight is 411 g/mol. The second-order valence-corrected chi connectivity index (χ2v) is 6.93. The van der Waals surface area contributed by atoms with Crippen LogP contribution in [-0.2, 0) is 20.9 Å². The Morgan fingerprint density at radius 1 is 1.03 bits per heavy atom.